The fourth-order valence-electron chi connectivity index (χ4n) is 3.84. The van der Waals surface area contributed by atoms with Gasteiger partial charge in [-0.3, -0.25) is 4.98 Å². The van der Waals surface area contributed by atoms with Gasteiger partial charge in [0.25, 0.3) is 0 Å². The lowest BCUT2D eigenvalue weighted by Gasteiger charge is -2.25. The first-order valence-electron chi connectivity index (χ1n) is 9.08. The second-order valence-corrected chi connectivity index (χ2v) is 6.91. The van der Waals surface area contributed by atoms with Crippen LogP contribution in [0.2, 0.25) is 0 Å². The highest BCUT2D eigenvalue weighted by Gasteiger charge is 2.21. The Hall–Kier alpha value is -3.34. The zero-order chi connectivity index (χ0) is 18.4. The zero-order valence-corrected chi connectivity index (χ0v) is 15.1. The molecule has 3 heterocycles. The number of hydrogen-bond donors (Lipinski definition) is 1. The van der Waals surface area contributed by atoms with Crippen molar-refractivity contribution in [3.63, 3.8) is 0 Å². The second kappa shape index (κ2) is 6.13. The normalized spacial score (nSPS) is 15.0. The van der Waals surface area contributed by atoms with E-state index in [1.54, 1.807) is 0 Å². The molecule has 3 aromatic rings. The summed E-state index contributed by atoms with van der Waals surface area (Å²) >= 11 is 0. The minimum Gasteiger partial charge on any atom is -0.492 e. The molecule has 2 N–H and O–H groups in total. The molecular weight excluding hydrogens is 336 g/mol. The van der Waals surface area contributed by atoms with E-state index in [-0.39, 0.29) is 0 Å². The van der Waals surface area contributed by atoms with Crippen molar-refractivity contribution in [2.45, 2.75) is 6.42 Å². The third-order valence-electron chi connectivity index (χ3n) is 5.23. The van der Waals surface area contributed by atoms with E-state index in [1.807, 2.05) is 19.3 Å². The van der Waals surface area contributed by atoms with Crippen LogP contribution in [0.5, 0.6) is 5.75 Å². The Balaban J connectivity index is 1.68. The summed E-state index contributed by atoms with van der Waals surface area (Å²) in [5, 5.41) is 0. The van der Waals surface area contributed by atoms with E-state index in [2.05, 4.69) is 52.4 Å². The lowest BCUT2D eigenvalue weighted by Crippen LogP contribution is -2.29. The molecule has 0 amide bonds. The maximum Gasteiger partial charge on any atom is 0.132 e. The molecular formula is C22H20N4O. The van der Waals surface area contributed by atoms with Crippen molar-refractivity contribution >= 4 is 11.5 Å². The van der Waals surface area contributed by atoms with E-state index in [1.165, 1.54) is 5.56 Å². The van der Waals surface area contributed by atoms with Gasteiger partial charge in [0.05, 0.1) is 12.3 Å². The molecule has 0 saturated heterocycles. The number of rotatable bonds is 2. The lowest BCUT2D eigenvalue weighted by molar-refractivity contribution is 0.358. The predicted molar refractivity (Wildman–Crippen MR) is 108 cm³/mol. The summed E-state index contributed by atoms with van der Waals surface area (Å²) in [6, 6.07) is 16.7. The van der Waals surface area contributed by atoms with Crippen LogP contribution < -0.4 is 15.4 Å². The average Bonchev–Trinajstić information content (AvgIpc) is 3.19. The molecule has 0 radical (unpaired) electrons. The Morgan fingerprint density at radius 1 is 1.04 bits per heavy atom. The third-order valence-corrected chi connectivity index (χ3v) is 5.23. The predicted octanol–water partition coefficient (Wildman–Crippen LogP) is 3.46. The summed E-state index contributed by atoms with van der Waals surface area (Å²) in [5.41, 5.74) is 13.6. The van der Waals surface area contributed by atoms with Gasteiger partial charge < -0.3 is 15.4 Å². The fourth-order valence-corrected chi connectivity index (χ4v) is 3.84. The summed E-state index contributed by atoms with van der Waals surface area (Å²) in [7, 11) is 2.02. The van der Waals surface area contributed by atoms with Gasteiger partial charge in [-0.25, -0.2) is 4.99 Å². The molecule has 27 heavy (non-hydrogen) atoms. The molecule has 0 spiro atoms. The molecule has 0 atom stereocenters. The van der Waals surface area contributed by atoms with E-state index < -0.39 is 0 Å². The van der Waals surface area contributed by atoms with Crippen molar-refractivity contribution in [1.82, 2.24) is 4.98 Å². The Labute approximate surface area is 158 Å². The van der Waals surface area contributed by atoms with E-state index in [0.717, 1.165) is 52.4 Å². The molecule has 0 bridgehead atoms. The number of para-hydroxylation sites is 1. The number of fused-ring (bicyclic) bond motifs is 2. The van der Waals surface area contributed by atoms with Crippen LogP contribution in [0.15, 0.2) is 59.7 Å². The molecule has 2 aliphatic rings. The van der Waals surface area contributed by atoms with Crippen molar-refractivity contribution in [3.05, 3.63) is 65.9 Å². The smallest absolute Gasteiger partial charge is 0.132 e. The summed E-state index contributed by atoms with van der Waals surface area (Å²) in [6.07, 6.45) is 2.78. The Morgan fingerprint density at radius 3 is 2.85 bits per heavy atom. The summed E-state index contributed by atoms with van der Waals surface area (Å²) in [6.45, 7) is 1.32. The van der Waals surface area contributed by atoms with Crippen molar-refractivity contribution in [3.8, 4) is 28.1 Å². The monoisotopic (exact) mass is 356 g/mol. The van der Waals surface area contributed by atoms with Crippen LogP contribution in [0.3, 0.4) is 0 Å². The summed E-state index contributed by atoms with van der Waals surface area (Å²) in [4.78, 5) is 11.2. The van der Waals surface area contributed by atoms with E-state index >= 15 is 0 Å². The first kappa shape index (κ1) is 15.9. The van der Waals surface area contributed by atoms with Crippen LogP contribution in [0.4, 0.5) is 5.69 Å². The Morgan fingerprint density at radius 2 is 1.93 bits per heavy atom. The zero-order valence-electron chi connectivity index (χ0n) is 15.1. The molecule has 0 unspecified atom stereocenters. The topological polar surface area (TPSA) is 63.7 Å². The number of pyridine rings is 1. The number of aliphatic imine (C=N–C) groups is 1. The highest BCUT2D eigenvalue weighted by Crippen LogP contribution is 2.40. The first-order chi connectivity index (χ1) is 13.2. The van der Waals surface area contributed by atoms with Crippen LogP contribution in [0.1, 0.15) is 11.1 Å². The Bertz CT molecular complexity index is 1070. The van der Waals surface area contributed by atoms with Crippen molar-refractivity contribution in [2.75, 3.05) is 25.2 Å². The second-order valence-electron chi connectivity index (χ2n) is 6.91. The van der Waals surface area contributed by atoms with Crippen molar-refractivity contribution in [2.24, 2.45) is 10.7 Å². The van der Waals surface area contributed by atoms with Gasteiger partial charge in [-0.1, -0.05) is 24.3 Å². The summed E-state index contributed by atoms with van der Waals surface area (Å²) in [5.74, 6) is 1.54. The molecule has 5 heteroatoms. The minimum absolute atomic E-state index is 0.583. The molecule has 5 rings (SSSR count). The minimum atomic E-state index is 0.583. The number of benzene rings is 2. The van der Waals surface area contributed by atoms with Gasteiger partial charge >= 0.3 is 0 Å². The molecule has 0 aliphatic carbocycles. The SMILES string of the molecule is CN1CN=C(N)c2cc(-c3cccnc3-c3cccc4c3OCC4)ccc21. The quantitative estimate of drug-likeness (QED) is 0.764. The number of amidine groups is 1. The van der Waals surface area contributed by atoms with Gasteiger partial charge in [-0.15, -0.1) is 0 Å². The maximum absolute atomic E-state index is 6.17. The van der Waals surface area contributed by atoms with Gasteiger partial charge in [0.15, 0.2) is 0 Å². The number of ether oxygens (including phenoxy) is 1. The van der Waals surface area contributed by atoms with E-state index in [4.69, 9.17) is 15.5 Å². The fraction of sp³-hybridized carbons (Fsp3) is 0.182. The van der Waals surface area contributed by atoms with Crippen molar-refractivity contribution in [1.29, 1.82) is 0 Å². The molecule has 0 fully saturated rings. The van der Waals surface area contributed by atoms with Gasteiger partial charge in [-0.05, 0) is 35.4 Å². The van der Waals surface area contributed by atoms with Crippen LogP contribution in [-0.2, 0) is 6.42 Å². The number of nitrogens with two attached hydrogens (primary N) is 1. The standard InChI is InChI=1S/C22H20N4O/c1-26-13-25-22(23)18-12-15(7-8-19(18)26)16-6-3-10-24-20(16)17-5-2-4-14-9-11-27-21(14)17/h2-8,10,12H,9,11,13H2,1H3,(H2,23,25). The largest absolute Gasteiger partial charge is 0.492 e. The molecule has 134 valence electrons. The van der Waals surface area contributed by atoms with Crippen LogP contribution >= 0.6 is 0 Å². The molecule has 0 saturated carbocycles. The Kier molecular flexibility index (Phi) is 3.60. The molecule has 1 aromatic heterocycles. The number of anilines is 1. The van der Waals surface area contributed by atoms with Crippen LogP contribution in [-0.4, -0.2) is 31.1 Å². The van der Waals surface area contributed by atoms with Gasteiger partial charge in [0.1, 0.15) is 18.3 Å². The molecule has 2 aliphatic heterocycles. The van der Waals surface area contributed by atoms with E-state index in [0.29, 0.717) is 12.5 Å². The van der Waals surface area contributed by atoms with Gasteiger partial charge in [0.2, 0.25) is 0 Å². The third kappa shape index (κ3) is 2.54. The number of aromatic nitrogens is 1. The molecule has 5 nitrogen and oxygen atoms in total. The van der Waals surface area contributed by atoms with Crippen molar-refractivity contribution < 1.29 is 4.74 Å². The number of hydrogen-bond acceptors (Lipinski definition) is 5. The highest BCUT2D eigenvalue weighted by molar-refractivity contribution is 6.05. The summed E-state index contributed by atoms with van der Waals surface area (Å²) < 4.78 is 5.91. The van der Waals surface area contributed by atoms with E-state index in [9.17, 15) is 0 Å². The lowest BCUT2D eigenvalue weighted by atomic mass is 9.95. The molecule has 2 aromatic carbocycles. The van der Waals surface area contributed by atoms with Crippen LogP contribution in [0.25, 0.3) is 22.4 Å². The maximum atomic E-state index is 6.17. The van der Waals surface area contributed by atoms with Crippen LogP contribution in [0, 0.1) is 0 Å². The number of nitrogens with zero attached hydrogens (tertiary/aromatic N) is 3. The average molecular weight is 356 g/mol. The highest BCUT2D eigenvalue weighted by atomic mass is 16.5. The first-order valence-corrected chi connectivity index (χ1v) is 9.08. The van der Waals surface area contributed by atoms with Gasteiger partial charge in [-0.2, -0.15) is 0 Å². The van der Waals surface area contributed by atoms with Gasteiger partial charge in [0, 0.05) is 42.0 Å².